The van der Waals surface area contributed by atoms with E-state index < -0.39 is 0 Å². The second kappa shape index (κ2) is 5.68. The first kappa shape index (κ1) is 13.2. The zero-order valence-electron chi connectivity index (χ0n) is 11.9. The van der Waals surface area contributed by atoms with Crippen molar-refractivity contribution in [3.8, 4) is 16.9 Å². The van der Waals surface area contributed by atoms with Gasteiger partial charge in [0, 0.05) is 5.56 Å². The number of para-hydroxylation sites is 1. The molecule has 0 unspecified atom stereocenters. The quantitative estimate of drug-likeness (QED) is 0.911. The lowest BCUT2D eigenvalue weighted by Gasteiger charge is -2.35. The lowest BCUT2D eigenvalue weighted by molar-refractivity contribution is 0.0562. The summed E-state index contributed by atoms with van der Waals surface area (Å²) in [5.41, 5.74) is 2.32. The number of ether oxygens (including phenoxy) is 1. The van der Waals surface area contributed by atoms with Crippen molar-refractivity contribution in [3.05, 3.63) is 54.6 Å². The average Bonchev–Trinajstić information content (AvgIpc) is 2.49. The summed E-state index contributed by atoms with van der Waals surface area (Å²) in [6.07, 6.45) is 2.10. The molecule has 0 radical (unpaired) electrons. The maximum Gasteiger partial charge on any atom is 0.127 e. The standard InChI is InChI=1S/C18H21NO/c1-18(11-13-19-14-12-18)20-17-10-6-5-9-16(17)15-7-3-2-4-8-15/h2-10,19H,11-14H2,1H3. The summed E-state index contributed by atoms with van der Waals surface area (Å²) in [5.74, 6) is 0.989. The Labute approximate surface area is 120 Å². The molecule has 1 saturated heterocycles. The highest BCUT2D eigenvalue weighted by molar-refractivity contribution is 5.70. The van der Waals surface area contributed by atoms with Crippen molar-refractivity contribution in [1.82, 2.24) is 5.32 Å². The van der Waals surface area contributed by atoms with Gasteiger partial charge in [-0.1, -0.05) is 48.5 Å². The maximum absolute atomic E-state index is 6.39. The molecule has 3 rings (SSSR count). The first-order valence-electron chi connectivity index (χ1n) is 7.31. The number of rotatable bonds is 3. The van der Waals surface area contributed by atoms with Gasteiger partial charge in [-0.2, -0.15) is 0 Å². The van der Waals surface area contributed by atoms with Crippen molar-refractivity contribution in [2.24, 2.45) is 0 Å². The fraction of sp³-hybridized carbons (Fsp3) is 0.333. The largest absolute Gasteiger partial charge is 0.487 e. The van der Waals surface area contributed by atoms with Gasteiger partial charge in [0.1, 0.15) is 11.4 Å². The van der Waals surface area contributed by atoms with Gasteiger partial charge in [-0.3, -0.25) is 0 Å². The van der Waals surface area contributed by atoms with Gasteiger partial charge >= 0.3 is 0 Å². The molecule has 2 aromatic carbocycles. The summed E-state index contributed by atoms with van der Waals surface area (Å²) in [5, 5.41) is 3.39. The van der Waals surface area contributed by atoms with Crippen LogP contribution in [0.15, 0.2) is 54.6 Å². The van der Waals surface area contributed by atoms with Crippen LogP contribution in [0.2, 0.25) is 0 Å². The van der Waals surface area contributed by atoms with Gasteiger partial charge in [-0.15, -0.1) is 0 Å². The van der Waals surface area contributed by atoms with Gasteiger partial charge in [0.2, 0.25) is 0 Å². The smallest absolute Gasteiger partial charge is 0.127 e. The fourth-order valence-corrected chi connectivity index (χ4v) is 2.73. The lowest BCUT2D eigenvalue weighted by Crippen LogP contribution is -2.43. The van der Waals surface area contributed by atoms with Gasteiger partial charge in [-0.05, 0) is 44.5 Å². The molecule has 0 aliphatic carbocycles. The minimum absolute atomic E-state index is 0.0594. The monoisotopic (exact) mass is 267 g/mol. The molecule has 20 heavy (non-hydrogen) atoms. The Kier molecular flexibility index (Phi) is 3.75. The minimum atomic E-state index is -0.0594. The van der Waals surface area contributed by atoms with Gasteiger partial charge in [0.25, 0.3) is 0 Å². The van der Waals surface area contributed by atoms with E-state index in [1.54, 1.807) is 0 Å². The molecular formula is C18H21NO. The number of hydrogen-bond acceptors (Lipinski definition) is 2. The SMILES string of the molecule is CC1(Oc2ccccc2-c2ccccc2)CCNCC1. The van der Waals surface area contributed by atoms with Crippen LogP contribution in [0.25, 0.3) is 11.1 Å². The average molecular weight is 267 g/mol. The van der Waals surface area contributed by atoms with E-state index in [1.165, 1.54) is 11.1 Å². The lowest BCUT2D eigenvalue weighted by atomic mass is 9.94. The van der Waals surface area contributed by atoms with Gasteiger partial charge < -0.3 is 10.1 Å². The number of nitrogens with one attached hydrogen (secondary N) is 1. The van der Waals surface area contributed by atoms with E-state index in [0.29, 0.717) is 0 Å². The van der Waals surface area contributed by atoms with Gasteiger partial charge in [0.05, 0.1) is 0 Å². The van der Waals surface area contributed by atoms with Crippen molar-refractivity contribution in [2.75, 3.05) is 13.1 Å². The number of benzene rings is 2. The third-order valence-corrected chi connectivity index (χ3v) is 3.99. The summed E-state index contributed by atoms with van der Waals surface area (Å²) in [7, 11) is 0. The van der Waals surface area contributed by atoms with Crippen LogP contribution < -0.4 is 10.1 Å². The summed E-state index contributed by atoms with van der Waals surface area (Å²) in [6, 6.07) is 18.8. The van der Waals surface area contributed by atoms with E-state index in [4.69, 9.17) is 4.74 Å². The van der Waals surface area contributed by atoms with Crippen LogP contribution in [0.1, 0.15) is 19.8 Å². The molecule has 0 amide bonds. The van der Waals surface area contributed by atoms with Crippen LogP contribution in [0, 0.1) is 0 Å². The highest BCUT2D eigenvalue weighted by Gasteiger charge is 2.29. The maximum atomic E-state index is 6.39. The molecule has 0 atom stereocenters. The second-order valence-corrected chi connectivity index (χ2v) is 5.66. The highest BCUT2D eigenvalue weighted by atomic mass is 16.5. The van der Waals surface area contributed by atoms with Gasteiger partial charge in [0.15, 0.2) is 0 Å². The summed E-state index contributed by atoms with van der Waals surface area (Å²) >= 11 is 0. The van der Waals surface area contributed by atoms with Crippen LogP contribution in [-0.4, -0.2) is 18.7 Å². The summed E-state index contributed by atoms with van der Waals surface area (Å²) in [6.45, 7) is 4.28. The first-order valence-corrected chi connectivity index (χ1v) is 7.31. The molecule has 2 heteroatoms. The van der Waals surface area contributed by atoms with Crippen molar-refractivity contribution in [2.45, 2.75) is 25.4 Å². The fourth-order valence-electron chi connectivity index (χ4n) is 2.73. The second-order valence-electron chi connectivity index (χ2n) is 5.66. The molecule has 1 N–H and O–H groups in total. The first-order chi connectivity index (χ1) is 9.77. The van der Waals surface area contributed by atoms with Crippen LogP contribution in [0.4, 0.5) is 0 Å². The molecule has 0 saturated carbocycles. The van der Waals surface area contributed by atoms with Crippen LogP contribution >= 0.6 is 0 Å². The van der Waals surface area contributed by atoms with Crippen molar-refractivity contribution < 1.29 is 4.74 Å². The molecule has 2 nitrogen and oxygen atoms in total. The summed E-state index contributed by atoms with van der Waals surface area (Å²) in [4.78, 5) is 0. The van der Waals surface area contributed by atoms with Gasteiger partial charge in [-0.25, -0.2) is 0 Å². The number of piperidine rings is 1. The van der Waals surface area contributed by atoms with Crippen molar-refractivity contribution in [3.63, 3.8) is 0 Å². The van der Waals surface area contributed by atoms with Crippen molar-refractivity contribution in [1.29, 1.82) is 0 Å². The molecule has 104 valence electrons. The molecule has 1 aliphatic rings. The zero-order chi connectivity index (χ0) is 13.8. The van der Waals surface area contributed by atoms with E-state index in [1.807, 2.05) is 12.1 Å². The normalized spacial score (nSPS) is 17.6. The van der Waals surface area contributed by atoms with Crippen molar-refractivity contribution >= 4 is 0 Å². The van der Waals surface area contributed by atoms with E-state index in [9.17, 15) is 0 Å². The molecule has 1 heterocycles. The van der Waals surface area contributed by atoms with Crippen LogP contribution in [0.3, 0.4) is 0 Å². The molecule has 0 spiro atoms. The minimum Gasteiger partial charge on any atom is -0.487 e. The summed E-state index contributed by atoms with van der Waals surface area (Å²) < 4.78 is 6.39. The molecule has 0 aromatic heterocycles. The Balaban J connectivity index is 1.90. The zero-order valence-corrected chi connectivity index (χ0v) is 11.9. The highest BCUT2D eigenvalue weighted by Crippen LogP contribution is 2.34. The molecule has 2 aromatic rings. The Hall–Kier alpha value is -1.80. The Bertz CT molecular complexity index is 559. The Morgan fingerprint density at radius 3 is 2.30 bits per heavy atom. The number of hydrogen-bond donors (Lipinski definition) is 1. The topological polar surface area (TPSA) is 21.3 Å². The molecule has 0 bridgehead atoms. The van der Waals surface area contributed by atoms with E-state index >= 15 is 0 Å². The third kappa shape index (κ3) is 2.86. The van der Waals surface area contributed by atoms with E-state index in [2.05, 4.69) is 54.7 Å². The van der Waals surface area contributed by atoms with E-state index in [-0.39, 0.29) is 5.60 Å². The van der Waals surface area contributed by atoms with Crippen LogP contribution in [0.5, 0.6) is 5.75 Å². The predicted octanol–water partition coefficient (Wildman–Crippen LogP) is 3.87. The van der Waals surface area contributed by atoms with Crippen LogP contribution in [-0.2, 0) is 0 Å². The predicted molar refractivity (Wildman–Crippen MR) is 83.0 cm³/mol. The Morgan fingerprint density at radius 1 is 0.900 bits per heavy atom. The Morgan fingerprint density at radius 2 is 1.55 bits per heavy atom. The third-order valence-electron chi connectivity index (χ3n) is 3.99. The van der Waals surface area contributed by atoms with E-state index in [0.717, 1.165) is 31.7 Å². The molecule has 1 aliphatic heterocycles. The molecular weight excluding hydrogens is 246 g/mol. The molecule has 1 fully saturated rings.